The smallest absolute Gasteiger partial charge is 0.234 e. The van der Waals surface area contributed by atoms with E-state index in [2.05, 4.69) is 39.1 Å². The van der Waals surface area contributed by atoms with Gasteiger partial charge in [0.1, 0.15) is 5.75 Å². The van der Waals surface area contributed by atoms with Crippen LogP contribution in [0.15, 0.2) is 53.6 Å². The highest BCUT2D eigenvalue weighted by atomic mass is 32.2. The van der Waals surface area contributed by atoms with Crippen LogP contribution in [0, 0.1) is 5.92 Å². The Morgan fingerprint density at radius 2 is 2.00 bits per heavy atom. The van der Waals surface area contributed by atoms with Crippen LogP contribution in [0.4, 0.5) is 11.4 Å². The van der Waals surface area contributed by atoms with E-state index in [0.29, 0.717) is 11.8 Å². The van der Waals surface area contributed by atoms with Gasteiger partial charge in [-0.15, -0.1) is 11.8 Å². The van der Waals surface area contributed by atoms with Gasteiger partial charge in [0.25, 0.3) is 0 Å². The number of anilines is 2. The van der Waals surface area contributed by atoms with Crippen molar-refractivity contribution >= 4 is 45.9 Å². The highest BCUT2D eigenvalue weighted by molar-refractivity contribution is 8.00. The molecule has 1 aliphatic carbocycles. The Kier molecular flexibility index (Phi) is 6.69. The summed E-state index contributed by atoms with van der Waals surface area (Å²) in [6.07, 6.45) is 5.34. The van der Waals surface area contributed by atoms with Crippen LogP contribution in [0.25, 0.3) is 10.9 Å². The Morgan fingerprint density at radius 1 is 1.15 bits per heavy atom. The first kappa shape index (κ1) is 22.7. The van der Waals surface area contributed by atoms with E-state index < -0.39 is 0 Å². The molecule has 2 amide bonds. The number of fused-ring (bicyclic) bond motifs is 2. The highest BCUT2D eigenvalue weighted by Crippen LogP contribution is 2.33. The van der Waals surface area contributed by atoms with E-state index in [1.807, 2.05) is 24.3 Å². The van der Waals surface area contributed by atoms with Crippen LogP contribution in [0.3, 0.4) is 0 Å². The standard InChI is InChI=1S/C26H28N4O3S/c1-33-19-7-8-21-20(13-19)22(10-11-27-21)30-26(32)17-3-5-18(6-4-17)28-14-16-2-9-24-23(12-16)29-25(31)15-34-24/h2,7-13,17-18,28H,3-6,14-15H2,1H3,(H,29,31)(H,27,30,32). The van der Waals surface area contributed by atoms with Crippen molar-refractivity contribution in [2.24, 2.45) is 5.92 Å². The Labute approximate surface area is 203 Å². The summed E-state index contributed by atoms with van der Waals surface area (Å²) in [6, 6.07) is 14.1. The zero-order valence-corrected chi connectivity index (χ0v) is 19.9. The van der Waals surface area contributed by atoms with Crippen molar-refractivity contribution in [2.45, 2.75) is 43.2 Å². The number of hydrogen-bond acceptors (Lipinski definition) is 6. The summed E-state index contributed by atoms with van der Waals surface area (Å²) in [5.74, 6) is 1.34. The number of aromatic nitrogens is 1. The molecule has 1 aliphatic heterocycles. The number of nitrogens with zero attached hydrogens (tertiary/aromatic N) is 1. The molecule has 2 heterocycles. The van der Waals surface area contributed by atoms with Gasteiger partial charge in [-0.2, -0.15) is 0 Å². The molecule has 34 heavy (non-hydrogen) atoms. The van der Waals surface area contributed by atoms with E-state index in [1.165, 1.54) is 0 Å². The molecule has 8 heteroatoms. The molecule has 3 N–H and O–H groups in total. The molecule has 0 unspecified atom stereocenters. The lowest BCUT2D eigenvalue weighted by Crippen LogP contribution is -2.36. The summed E-state index contributed by atoms with van der Waals surface area (Å²) in [7, 11) is 1.63. The van der Waals surface area contributed by atoms with Gasteiger partial charge < -0.3 is 20.7 Å². The number of pyridine rings is 1. The average molecular weight is 477 g/mol. The monoisotopic (exact) mass is 476 g/mol. The van der Waals surface area contributed by atoms with E-state index in [0.717, 1.165) is 70.7 Å². The first-order valence-electron chi connectivity index (χ1n) is 11.6. The van der Waals surface area contributed by atoms with Crippen LogP contribution in [0.2, 0.25) is 0 Å². The number of benzene rings is 2. The molecule has 0 radical (unpaired) electrons. The third-order valence-electron chi connectivity index (χ3n) is 6.58. The van der Waals surface area contributed by atoms with E-state index in [1.54, 1.807) is 25.1 Å². The van der Waals surface area contributed by atoms with Crippen LogP contribution < -0.4 is 20.7 Å². The predicted molar refractivity (Wildman–Crippen MR) is 135 cm³/mol. The highest BCUT2D eigenvalue weighted by Gasteiger charge is 2.26. The van der Waals surface area contributed by atoms with Crippen molar-refractivity contribution in [3.8, 4) is 5.75 Å². The van der Waals surface area contributed by atoms with Crippen molar-refractivity contribution in [2.75, 3.05) is 23.5 Å². The molecule has 0 atom stereocenters. The zero-order chi connectivity index (χ0) is 23.5. The van der Waals surface area contributed by atoms with Crippen LogP contribution >= 0.6 is 11.8 Å². The number of hydrogen-bond donors (Lipinski definition) is 3. The predicted octanol–water partition coefficient (Wildman–Crippen LogP) is 4.57. The summed E-state index contributed by atoms with van der Waals surface area (Å²) in [6.45, 7) is 0.750. The topological polar surface area (TPSA) is 92.3 Å². The molecule has 0 spiro atoms. The fourth-order valence-corrected chi connectivity index (χ4v) is 5.45. The Hall–Kier alpha value is -3.10. The molecule has 2 aliphatic rings. The second kappa shape index (κ2) is 10.0. The van der Waals surface area contributed by atoms with Gasteiger partial charge in [0.05, 0.1) is 29.8 Å². The molecule has 0 saturated heterocycles. The van der Waals surface area contributed by atoms with Gasteiger partial charge in [0, 0.05) is 35.0 Å². The van der Waals surface area contributed by atoms with Crippen molar-refractivity contribution in [3.63, 3.8) is 0 Å². The van der Waals surface area contributed by atoms with E-state index in [9.17, 15) is 9.59 Å². The van der Waals surface area contributed by atoms with Gasteiger partial charge in [-0.3, -0.25) is 14.6 Å². The van der Waals surface area contributed by atoms with Crippen LogP contribution in [-0.2, 0) is 16.1 Å². The number of rotatable bonds is 6. The summed E-state index contributed by atoms with van der Waals surface area (Å²) >= 11 is 1.58. The Balaban J connectivity index is 1.14. The fraction of sp³-hybridized carbons (Fsp3) is 0.346. The fourth-order valence-electron chi connectivity index (χ4n) is 4.66. The van der Waals surface area contributed by atoms with Gasteiger partial charge in [0.15, 0.2) is 0 Å². The van der Waals surface area contributed by atoms with Gasteiger partial charge in [-0.25, -0.2) is 0 Å². The summed E-state index contributed by atoms with van der Waals surface area (Å²) < 4.78 is 5.33. The molecule has 1 fully saturated rings. The van der Waals surface area contributed by atoms with Crippen LogP contribution in [0.1, 0.15) is 31.2 Å². The molecule has 2 aromatic carbocycles. The Morgan fingerprint density at radius 3 is 2.82 bits per heavy atom. The number of carbonyl (C=O) groups excluding carboxylic acids is 2. The number of thioether (sulfide) groups is 1. The molecule has 1 aromatic heterocycles. The SMILES string of the molecule is COc1ccc2nccc(NC(=O)C3CCC(NCc4ccc5c(c4)NC(=O)CS5)CC3)c2c1. The van der Waals surface area contributed by atoms with Crippen molar-refractivity contribution < 1.29 is 14.3 Å². The first-order valence-corrected chi connectivity index (χ1v) is 12.6. The number of methoxy groups -OCH3 is 1. The van der Waals surface area contributed by atoms with E-state index >= 15 is 0 Å². The summed E-state index contributed by atoms with van der Waals surface area (Å²) in [5.41, 5.74) is 3.65. The Bertz CT molecular complexity index is 1220. The van der Waals surface area contributed by atoms with Crippen LogP contribution in [-0.4, -0.2) is 35.7 Å². The number of nitrogens with one attached hydrogen (secondary N) is 3. The molecular formula is C26H28N4O3S. The summed E-state index contributed by atoms with van der Waals surface area (Å²) in [4.78, 5) is 30.1. The second-order valence-electron chi connectivity index (χ2n) is 8.83. The molecular weight excluding hydrogens is 448 g/mol. The lowest BCUT2D eigenvalue weighted by atomic mass is 9.85. The average Bonchev–Trinajstić information content (AvgIpc) is 2.87. The maximum Gasteiger partial charge on any atom is 0.234 e. The molecule has 3 aromatic rings. The normalized spacial score (nSPS) is 19.9. The van der Waals surface area contributed by atoms with Gasteiger partial charge in [-0.1, -0.05) is 6.07 Å². The lowest BCUT2D eigenvalue weighted by Gasteiger charge is -2.29. The molecule has 5 rings (SSSR count). The third kappa shape index (κ3) is 5.03. The van der Waals surface area contributed by atoms with Gasteiger partial charge >= 0.3 is 0 Å². The summed E-state index contributed by atoms with van der Waals surface area (Å²) in [5, 5.41) is 10.6. The van der Waals surface area contributed by atoms with Crippen molar-refractivity contribution in [3.05, 3.63) is 54.2 Å². The van der Waals surface area contributed by atoms with Crippen molar-refractivity contribution in [1.82, 2.24) is 10.3 Å². The van der Waals surface area contributed by atoms with Crippen LogP contribution in [0.5, 0.6) is 5.75 Å². The third-order valence-corrected chi connectivity index (χ3v) is 7.65. The minimum Gasteiger partial charge on any atom is -0.497 e. The molecule has 176 valence electrons. The molecule has 0 bridgehead atoms. The number of amides is 2. The number of carbonyl (C=O) groups is 2. The van der Waals surface area contributed by atoms with Gasteiger partial charge in [-0.05, 0) is 67.6 Å². The van der Waals surface area contributed by atoms with E-state index in [-0.39, 0.29) is 17.7 Å². The first-order chi connectivity index (χ1) is 16.6. The second-order valence-corrected chi connectivity index (χ2v) is 9.84. The maximum atomic E-state index is 13.0. The number of ether oxygens (including phenoxy) is 1. The van der Waals surface area contributed by atoms with E-state index in [4.69, 9.17) is 4.74 Å². The largest absolute Gasteiger partial charge is 0.497 e. The maximum absolute atomic E-state index is 13.0. The molecule has 7 nitrogen and oxygen atoms in total. The minimum absolute atomic E-state index is 0.00264. The van der Waals surface area contributed by atoms with Crippen molar-refractivity contribution in [1.29, 1.82) is 0 Å². The lowest BCUT2D eigenvalue weighted by molar-refractivity contribution is -0.121. The van der Waals surface area contributed by atoms with Gasteiger partial charge in [0.2, 0.25) is 11.8 Å². The zero-order valence-electron chi connectivity index (χ0n) is 19.1. The molecule has 1 saturated carbocycles. The minimum atomic E-state index is 0.00264. The quantitative estimate of drug-likeness (QED) is 0.483.